The summed E-state index contributed by atoms with van der Waals surface area (Å²) in [6.45, 7) is 0. The normalized spacial score (nSPS) is 18.0. The molecule has 0 bridgehead atoms. The number of hydrogen-bond donors (Lipinski definition) is 0. The van der Waals surface area contributed by atoms with Crippen molar-refractivity contribution in [3.63, 3.8) is 0 Å². The SMILES string of the molecule is CN1c2c(-c3ccccc3C(F)(F)F)csc2C=NC1Cl. The average molecular weight is 331 g/mol. The zero-order valence-corrected chi connectivity index (χ0v) is 12.4. The molecule has 110 valence electrons. The summed E-state index contributed by atoms with van der Waals surface area (Å²) in [7, 11) is 1.72. The molecule has 1 aromatic carbocycles. The van der Waals surface area contributed by atoms with Gasteiger partial charge in [-0.3, -0.25) is 4.99 Å². The van der Waals surface area contributed by atoms with Crippen molar-refractivity contribution in [3.8, 4) is 11.1 Å². The lowest BCUT2D eigenvalue weighted by Gasteiger charge is -2.27. The number of aliphatic imine (C=N–C) groups is 1. The number of rotatable bonds is 1. The molecule has 0 amide bonds. The van der Waals surface area contributed by atoms with Crippen LogP contribution in [0.1, 0.15) is 10.4 Å². The zero-order valence-electron chi connectivity index (χ0n) is 10.9. The second-order valence-corrected chi connectivity index (χ2v) is 5.91. The third-order valence-electron chi connectivity index (χ3n) is 3.30. The minimum atomic E-state index is -4.40. The molecule has 1 atom stereocenters. The van der Waals surface area contributed by atoms with Crippen LogP contribution in [-0.2, 0) is 6.18 Å². The minimum Gasteiger partial charge on any atom is -0.339 e. The largest absolute Gasteiger partial charge is 0.417 e. The second-order valence-electron chi connectivity index (χ2n) is 4.61. The van der Waals surface area contributed by atoms with Gasteiger partial charge in [-0.1, -0.05) is 29.8 Å². The topological polar surface area (TPSA) is 15.6 Å². The van der Waals surface area contributed by atoms with Crippen molar-refractivity contribution in [2.45, 2.75) is 11.8 Å². The van der Waals surface area contributed by atoms with Gasteiger partial charge in [-0.25, -0.2) is 0 Å². The fourth-order valence-corrected chi connectivity index (χ4v) is 3.44. The number of nitrogens with zero attached hydrogens (tertiary/aromatic N) is 2. The molecule has 2 aromatic rings. The average Bonchev–Trinajstić information content (AvgIpc) is 2.86. The summed E-state index contributed by atoms with van der Waals surface area (Å²) in [5, 5.41) is 1.71. The lowest BCUT2D eigenvalue weighted by molar-refractivity contribution is -0.137. The van der Waals surface area contributed by atoms with Gasteiger partial charge in [-0.15, -0.1) is 11.3 Å². The summed E-state index contributed by atoms with van der Waals surface area (Å²) >= 11 is 7.41. The fourth-order valence-electron chi connectivity index (χ4n) is 2.31. The Kier molecular flexibility index (Phi) is 3.45. The van der Waals surface area contributed by atoms with Crippen LogP contribution in [0.4, 0.5) is 18.9 Å². The van der Waals surface area contributed by atoms with E-state index in [-0.39, 0.29) is 5.56 Å². The first-order valence-corrected chi connectivity index (χ1v) is 7.39. The Hall–Kier alpha value is -1.53. The van der Waals surface area contributed by atoms with E-state index in [1.807, 2.05) is 0 Å². The highest BCUT2D eigenvalue weighted by Gasteiger charge is 2.35. The smallest absolute Gasteiger partial charge is 0.339 e. The van der Waals surface area contributed by atoms with E-state index in [0.717, 1.165) is 10.9 Å². The molecule has 1 unspecified atom stereocenters. The number of benzene rings is 1. The van der Waals surface area contributed by atoms with Gasteiger partial charge in [-0.05, 0) is 11.6 Å². The van der Waals surface area contributed by atoms with E-state index in [0.29, 0.717) is 11.3 Å². The molecule has 21 heavy (non-hydrogen) atoms. The molecule has 3 rings (SSSR count). The van der Waals surface area contributed by atoms with E-state index < -0.39 is 17.4 Å². The van der Waals surface area contributed by atoms with E-state index >= 15 is 0 Å². The molecule has 1 aromatic heterocycles. The van der Waals surface area contributed by atoms with Gasteiger partial charge in [0.25, 0.3) is 0 Å². The highest BCUT2D eigenvalue weighted by molar-refractivity contribution is 7.13. The van der Waals surface area contributed by atoms with Gasteiger partial charge in [0.15, 0.2) is 5.62 Å². The Morgan fingerprint density at radius 1 is 1.24 bits per heavy atom. The van der Waals surface area contributed by atoms with Gasteiger partial charge in [0.1, 0.15) is 0 Å². The molecule has 2 heterocycles. The van der Waals surface area contributed by atoms with Crippen molar-refractivity contribution in [1.82, 2.24) is 0 Å². The van der Waals surface area contributed by atoms with Gasteiger partial charge in [-0.2, -0.15) is 13.2 Å². The van der Waals surface area contributed by atoms with E-state index in [2.05, 4.69) is 4.99 Å². The first-order chi connectivity index (χ1) is 9.89. The lowest BCUT2D eigenvalue weighted by Crippen LogP contribution is -2.28. The molecule has 0 saturated carbocycles. The third-order valence-corrected chi connectivity index (χ3v) is 4.61. The fraction of sp³-hybridized carbons (Fsp3) is 0.214. The Bertz CT molecular complexity index is 708. The number of hydrogen-bond acceptors (Lipinski definition) is 3. The van der Waals surface area contributed by atoms with Crippen molar-refractivity contribution in [1.29, 1.82) is 0 Å². The van der Waals surface area contributed by atoms with E-state index in [1.54, 1.807) is 29.6 Å². The summed E-state index contributed by atoms with van der Waals surface area (Å²) in [4.78, 5) is 6.57. The van der Waals surface area contributed by atoms with Crippen molar-refractivity contribution >= 4 is 34.8 Å². The molecule has 0 N–H and O–H groups in total. The van der Waals surface area contributed by atoms with Crippen LogP contribution in [0.15, 0.2) is 34.6 Å². The van der Waals surface area contributed by atoms with Gasteiger partial charge < -0.3 is 4.90 Å². The summed E-state index contributed by atoms with van der Waals surface area (Å²) < 4.78 is 39.6. The molecule has 1 aliphatic rings. The number of halogens is 4. The molecule has 0 spiro atoms. The molecule has 0 saturated heterocycles. The Balaban J connectivity index is 2.21. The Morgan fingerprint density at radius 3 is 2.67 bits per heavy atom. The molecule has 2 nitrogen and oxygen atoms in total. The predicted octanol–water partition coefficient (Wildman–Crippen LogP) is 4.83. The van der Waals surface area contributed by atoms with Crippen LogP contribution in [0.3, 0.4) is 0 Å². The van der Waals surface area contributed by atoms with Gasteiger partial charge in [0, 0.05) is 24.2 Å². The quantitative estimate of drug-likeness (QED) is 0.540. The third kappa shape index (κ3) is 2.42. The molecule has 0 aliphatic carbocycles. The lowest BCUT2D eigenvalue weighted by atomic mass is 9.99. The minimum absolute atomic E-state index is 0.161. The highest BCUT2D eigenvalue weighted by Crippen LogP contribution is 2.45. The van der Waals surface area contributed by atoms with Crippen LogP contribution in [0, 0.1) is 0 Å². The van der Waals surface area contributed by atoms with Gasteiger partial charge in [0.05, 0.1) is 16.1 Å². The maximum atomic E-state index is 13.2. The number of anilines is 1. The molecule has 0 fully saturated rings. The van der Waals surface area contributed by atoms with Crippen LogP contribution in [0.2, 0.25) is 0 Å². The summed E-state index contributed by atoms with van der Waals surface area (Å²) in [5.41, 5.74) is 0.124. The van der Waals surface area contributed by atoms with Gasteiger partial charge in [0.2, 0.25) is 0 Å². The predicted molar refractivity (Wildman–Crippen MR) is 80.4 cm³/mol. The standard InChI is InChI=1S/C14H10ClF3N2S/c1-20-12-9(7-21-11(12)6-19-13(20)15)8-4-2-3-5-10(8)14(16,17)18/h2-7,13H,1H3. The van der Waals surface area contributed by atoms with E-state index in [1.165, 1.54) is 23.5 Å². The van der Waals surface area contributed by atoms with Crippen LogP contribution in [0.5, 0.6) is 0 Å². The van der Waals surface area contributed by atoms with Crippen molar-refractivity contribution < 1.29 is 13.2 Å². The molecular formula is C14H10ClF3N2S. The number of thiophene rings is 1. The van der Waals surface area contributed by atoms with Crippen LogP contribution in [-0.4, -0.2) is 18.9 Å². The number of fused-ring (bicyclic) bond motifs is 1. The Labute approximate surface area is 128 Å². The molecule has 7 heteroatoms. The maximum absolute atomic E-state index is 13.2. The molecule has 0 radical (unpaired) electrons. The monoisotopic (exact) mass is 330 g/mol. The highest BCUT2D eigenvalue weighted by atomic mass is 35.5. The maximum Gasteiger partial charge on any atom is 0.417 e. The summed E-state index contributed by atoms with van der Waals surface area (Å²) in [5.74, 6) is 0. The molecule has 1 aliphatic heterocycles. The van der Waals surface area contributed by atoms with Crippen molar-refractivity contribution in [3.05, 3.63) is 40.1 Å². The second kappa shape index (κ2) is 5.03. The van der Waals surface area contributed by atoms with Crippen LogP contribution in [0.25, 0.3) is 11.1 Å². The molecular weight excluding hydrogens is 321 g/mol. The van der Waals surface area contributed by atoms with E-state index in [9.17, 15) is 13.2 Å². The summed E-state index contributed by atoms with van der Waals surface area (Å²) in [6.07, 6.45) is -2.79. The number of alkyl halides is 4. The summed E-state index contributed by atoms with van der Waals surface area (Å²) in [6, 6.07) is 5.56. The van der Waals surface area contributed by atoms with Gasteiger partial charge >= 0.3 is 6.18 Å². The first-order valence-electron chi connectivity index (χ1n) is 6.08. The van der Waals surface area contributed by atoms with E-state index in [4.69, 9.17) is 11.6 Å². The van der Waals surface area contributed by atoms with Crippen molar-refractivity contribution in [2.24, 2.45) is 4.99 Å². The zero-order chi connectivity index (χ0) is 15.2. The first kappa shape index (κ1) is 14.4. The van der Waals surface area contributed by atoms with Crippen molar-refractivity contribution in [2.75, 3.05) is 11.9 Å². The Morgan fingerprint density at radius 2 is 1.95 bits per heavy atom. The van der Waals surface area contributed by atoms with Crippen LogP contribution < -0.4 is 4.90 Å². The van der Waals surface area contributed by atoms with Crippen LogP contribution >= 0.6 is 22.9 Å².